The molecule has 0 bridgehead atoms. The molecule has 8 heteroatoms. The molecule has 0 aliphatic rings. The van der Waals surface area contributed by atoms with Crippen molar-refractivity contribution in [3.63, 3.8) is 0 Å². The van der Waals surface area contributed by atoms with Gasteiger partial charge in [0.1, 0.15) is 5.82 Å². The minimum absolute atomic E-state index is 0.0486. The van der Waals surface area contributed by atoms with Gasteiger partial charge in [-0.1, -0.05) is 24.3 Å². The smallest absolute Gasteiger partial charge is 0.265 e. The molecule has 158 valence electrons. The van der Waals surface area contributed by atoms with Crippen molar-refractivity contribution >= 4 is 48.5 Å². The second-order valence-corrected chi connectivity index (χ2v) is 10.5. The quantitative estimate of drug-likeness (QED) is 0.411. The first-order valence-corrected chi connectivity index (χ1v) is 12.2. The third-order valence-electron chi connectivity index (χ3n) is 4.71. The van der Waals surface area contributed by atoms with E-state index in [1.54, 1.807) is 48.5 Å². The first-order chi connectivity index (χ1) is 14.7. The molecule has 0 atom stereocenters. The van der Waals surface area contributed by atoms with E-state index in [0.717, 1.165) is 21.2 Å². The van der Waals surface area contributed by atoms with Gasteiger partial charge in [-0.25, -0.2) is 12.8 Å². The highest BCUT2D eigenvalue weighted by Crippen LogP contribution is 2.30. The van der Waals surface area contributed by atoms with Crippen molar-refractivity contribution in [2.45, 2.75) is 5.75 Å². The summed E-state index contributed by atoms with van der Waals surface area (Å²) in [6, 6.07) is 18.4. The molecule has 4 aromatic rings. The zero-order valence-electron chi connectivity index (χ0n) is 16.6. The summed E-state index contributed by atoms with van der Waals surface area (Å²) < 4.78 is 37.2. The fourth-order valence-corrected chi connectivity index (χ4v) is 4.99. The van der Waals surface area contributed by atoms with Gasteiger partial charge in [0, 0.05) is 11.0 Å². The molecule has 1 aromatic heterocycles. The lowest BCUT2D eigenvalue weighted by molar-refractivity contribution is 0.103. The second-order valence-electron chi connectivity index (χ2n) is 7.32. The Kier molecular flexibility index (Phi) is 5.51. The highest BCUT2D eigenvalue weighted by atomic mass is 32.2. The molecule has 0 aliphatic carbocycles. The Morgan fingerprint density at radius 3 is 2.42 bits per heavy atom. The first-order valence-electron chi connectivity index (χ1n) is 9.35. The normalized spacial score (nSPS) is 11.5. The number of sulfone groups is 1. The topological polar surface area (TPSA) is 89.3 Å². The molecule has 0 saturated heterocycles. The molecule has 3 N–H and O–H groups in total. The fourth-order valence-electron chi connectivity index (χ4n) is 3.27. The van der Waals surface area contributed by atoms with Crippen LogP contribution in [-0.4, -0.2) is 20.6 Å². The van der Waals surface area contributed by atoms with E-state index in [0.29, 0.717) is 21.8 Å². The van der Waals surface area contributed by atoms with Crippen molar-refractivity contribution in [2.75, 3.05) is 17.3 Å². The van der Waals surface area contributed by atoms with Gasteiger partial charge in [-0.05, 0) is 64.5 Å². The molecule has 0 saturated carbocycles. The lowest BCUT2D eigenvalue weighted by atomic mass is 10.0. The minimum Gasteiger partial charge on any atom is -0.397 e. The van der Waals surface area contributed by atoms with Crippen LogP contribution in [0.1, 0.15) is 15.2 Å². The van der Waals surface area contributed by atoms with Crippen molar-refractivity contribution in [3.05, 3.63) is 83.0 Å². The van der Waals surface area contributed by atoms with Gasteiger partial charge in [0.25, 0.3) is 5.91 Å². The molecule has 0 fully saturated rings. The van der Waals surface area contributed by atoms with Gasteiger partial charge in [-0.3, -0.25) is 4.79 Å². The van der Waals surface area contributed by atoms with Gasteiger partial charge in [-0.15, -0.1) is 11.3 Å². The van der Waals surface area contributed by atoms with Gasteiger partial charge in [0.15, 0.2) is 9.84 Å². The SMILES string of the molecule is CS(=O)(=O)Cc1ccc2sc(C(=O)Nc3cc(-c4ccc(F)cc4)ccc3N)cc2c1. The molecule has 0 spiro atoms. The van der Waals surface area contributed by atoms with Crippen LogP contribution in [0.2, 0.25) is 0 Å². The van der Waals surface area contributed by atoms with Crippen LogP contribution in [0.4, 0.5) is 15.8 Å². The molecule has 4 rings (SSSR count). The van der Waals surface area contributed by atoms with Crippen molar-refractivity contribution in [2.24, 2.45) is 0 Å². The Morgan fingerprint density at radius 2 is 1.71 bits per heavy atom. The van der Waals surface area contributed by atoms with E-state index < -0.39 is 9.84 Å². The number of fused-ring (bicyclic) bond motifs is 1. The van der Waals surface area contributed by atoms with E-state index in [-0.39, 0.29) is 17.5 Å². The minimum atomic E-state index is -3.14. The molecule has 0 aliphatic heterocycles. The molecule has 0 radical (unpaired) electrons. The van der Waals surface area contributed by atoms with Crippen molar-refractivity contribution in [3.8, 4) is 11.1 Å². The molecule has 3 aromatic carbocycles. The maximum absolute atomic E-state index is 13.2. The number of anilines is 2. The van der Waals surface area contributed by atoms with Crippen molar-refractivity contribution in [1.29, 1.82) is 0 Å². The van der Waals surface area contributed by atoms with E-state index in [1.807, 2.05) is 6.07 Å². The van der Waals surface area contributed by atoms with Crippen molar-refractivity contribution < 1.29 is 17.6 Å². The molecule has 1 amide bonds. The number of amides is 1. The van der Waals surface area contributed by atoms with Crippen LogP contribution in [0.3, 0.4) is 0 Å². The number of benzene rings is 3. The zero-order valence-corrected chi connectivity index (χ0v) is 18.2. The van der Waals surface area contributed by atoms with Crippen LogP contribution >= 0.6 is 11.3 Å². The Hall–Kier alpha value is -3.23. The van der Waals surface area contributed by atoms with Crippen LogP contribution in [0.5, 0.6) is 0 Å². The lowest BCUT2D eigenvalue weighted by Crippen LogP contribution is -2.11. The first kappa shape index (κ1) is 21.0. The van der Waals surface area contributed by atoms with Crippen molar-refractivity contribution in [1.82, 2.24) is 0 Å². The number of hydrogen-bond acceptors (Lipinski definition) is 5. The Balaban J connectivity index is 1.59. The third kappa shape index (κ3) is 4.92. The highest BCUT2D eigenvalue weighted by molar-refractivity contribution is 7.89. The molecule has 5 nitrogen and oxygen atoms in total. The predicted octanol–water partition coefficient (Wildman–Crippen LogP) is 5.09. The summed E-state index contributed by atoms with van der Waals surface area (Å²) in [5.41, 5.74) is 9.19. The summed E-state index contributed by atoms with van der Waals surface area (Å²) in [5.74, 6) is -0.682. The van der Waals surface area contributed by atoms with Gasteiger partial charge in [-0.2, -0.15) is 0 Å². The summed E-state index contributed by atoms with van der Waals surface area (Å²) in [6.07, 6.45) is 1.19. The highest BCUT2D eigenvalue weighted by Gasteiger charge is 2.14. The number of thiophene rings is 1. The molecule has 0 unspecified atom stereocenters. The monoisotopic (exact) mass is 454 g/mol. The van der Waals surface area contributed by atoms with Crippen LogP contribution in [0, 0.1) is 5.82 Å². The molecule has 31 heavy (non-hydrogen) atoms. The van der Waals surface area contributed by atoms with E-state index in [9.17, 15) is 17.6 Å². The summed E-state index contributed by atoms with van der Waals surface area (Å²) in [4.78, 5) is 13.3. The largest absolute Gasteiger partial charge is 0.397 e. The summed E-state index contributed by atoms with van der Waals surface area (Å²) in [7, 11) is -3.14. The maximum Gasteiger partial charge on any atom is 0.265 e. The Morgan fingerprint density at radius 1 is 1.00 bits per heavy atom. The summed E-state index contributed by atoms with van der Waals surface area (Å²) in [6.45, 7) is 0. The molecular weight excluding hydrogens is 435 g/mol. The number of nitrogen functional groups attached to an aromatic ring is 1. The summed E-state index contributed by atoms with van der Waals surface area (Å²) >= 11 is 1.32. The number of nitrogens with two attached hydrogens (primary N) is 1. The fraction of sp³-hybridized carbons (Fsp3) is 0.0870. The Bertz CT molecular complexity index is 1390. The van der Waals surface area contributed by atoms with Crippen LogP contribution in [0.15, 0.2) is 66.7 Å². The van der Waals surface area contributed by atoms with Crippen LogP contribution in [0.25, 0.3) is 21.2 Å². The maximum atomic E-state index is 13.2. The average molecular weight is 455 g/mol. The van der Waals surface area contributed by atoms with E-state index in [4.69, 9.17) is 5.73 Å². The lowest BCUT2D eigenvalue weighted by Gasteiger charge is -2.10. The number of carbonyl (C=O) groups is 1. The number of rotatable bonds is 5. The average Bonchev–Trinajstić information content (AvgIpc) is 3.12. The van der Waals surface area contributed by atoms with Gasteiger partial charge >= 0.3 is 0 Å². The van der Waals surface area contributed by atoms with E-state index in [2.05, 4.69) is 5.32 Å². The van der Waals surface area contributed by atoms with Gasteiger partial charge in [0.2, 0.25) is 0 Å². The standard InChI is InChI=1S/C23H19FN2O3S2/c1-31(28,29)13-14-2-9-21-17(10-14)12-22(30-21)23(27)26-20-11-16(5-8-19(20)25)15-3-6-18(24)7-4-15/h2-12H,13,25H2,1H3,(H,26,27). The molecular formula is C23H19FN2O3S2. The van der Waals surface area contributed by atoms with Gasteiger partial charge < -0.3 is 11.1 Å². The predicted molar refractivity (Wildman–Crippen MR) is 125 cm³/mol. The van der Waals surface area contributed by atoms with Crippen LogP contribution < -0.4 is 11.1 Å². The van der Waals surface area contributed by atoms with Gasteiger partial charge in [0.05, 0.1) is 22.0 Å². The van der Waals surface area contributed by atoms with E-state index >= 15 is 0 Å². The second kappa shape index (κ2) is 8.13. The number of hydrogen-bond donors (Lipinski definition) is 2. The number of carbonyl (C=O) groups excluding carboxylic acids is 1. The van der Waals surface area contributed by atoms with E-state index in [1.165, 1.54) is 29.7 Å². The third-order valence-corrected chi connectivity index (χ3v) is 6.68. The molecule has 1 heterocycles. The zero-order chi connectivity index (χ0) is 22.2. The number of nitrogens with one attached hydrogen (secondary N) is 1. The number of halogens is 1. The Labute approximate surface area is 183 Å². The summed E-state index contributed by atoms with van der Waals surface area (Å²) in [5, 5.41) is 3.65. The van der Waals surface area contributed by atoms with Crippen LogP contribution in [-0.2, 0) is 15.6 Å².